The summed E-state index contributed by atoms with van der Waals surface area (Å²) in [4.78, 5) is 82.1. The average Bonchev–Trinajstić information content (AvgIpc) is 4.01. The van der Waals surface area contributed by atoms with Gasteiger partial charge in [0.1, 0.15) is 29.0 Å². The van der Waals surface area contributed by atoms with Gasteiger partial charge in [0.25, 0.3) is 17.7 Å². The summed E-state index contributed by atoms with van der Waals surface area (Å²) in [6.07, 6.45) is 7.36. The Balaban J connectivity index is 0.892. The Bertz CT molecular complexity index is 2740. The van der Waals surface area contributed by atoms with Crippen LogP contribution < -0.4 is 20.4 Å². The zero-order valence-electron chi connectivity index (χ0n) is 40.8. The number of piperazine rings is 1. The molecule has 1 saturated carbocycles. The van der Waals surface area contributed by atoms with Gasteiger partial charge in [-0.25, -0.2) is 18.7 Å². The van der Waals surface area contributed by atoms with Crippen LogP contribution in [0.15, 0.2) is 36.7 Å². The van der Waals surface area contributed by atoms with Crippen molar-refractivity contribution in [2.45, 2.75) is 63.5 Å². The standard InChI is InChI=1S/C42H47F2N11O5/c1-50(2)39(58)31-19-25-21-46-42(49-37(25)54(31)26-5-3-4-6-26)47-32-9-7-27(22-45-32)52-13-11-24(12-14-52)23-51-15-17-53(18-16-51)30-20-28(43)34-35(36(30)44)41(60)55(40(34)59)29-8-10-33(56)48-38(29)57/h7,9,19-22,24,26,29H,3-6,8,10-18,23H2,1-2H3,(H,48,56,57)(H,45,46,47,49)/i15D2,16D2,17D2,18D2. The number of carbonyl (C=O) groups excluding carboxylic acids is 5. The van der Waals surface area contributed by atoms with E-state index in [2.05, 4.69) is 15.3 Å². The second-order valence-corrected chi connectivity index (χ2v) is 15.7. The molecule has 5 amide bonds. The predicted molar refractivity (Wildman–Crippen MR) is 217 cm³/mol. The van der Waals surface area contributed by atoms with E-state index < -0.39 is 96.6 Å². The Morgan fingerprint density at radius 3 is 2.33 bits per heavy atom. The maximum atomic E-state index is 16.6. The summed E-state index contributed by atoms with van der Waals surface area (Å²) in [5.74, 6) is -8.04. The van der Waals surface area contributed by atoms with Crippen molar-refractivity contribution < 1.29 is 43.7 Å². The first-order valence-electron chi connectivity index (χ1n) is 23.9. The summed E-state index contributed by atoms with van der Waals surface area (Å²) in [6, 6.07) is 4.12. The molecule has 9 rings (SSSR count). The molecule has 7 heterocycles. The molecule has 314 valence electrons. The Hall–Kier alpha value is -6.04. The lowest BCUT2D eigenvalue weighted by Gasteiger charge is -2.40. The Morgan fingerprint density at radius 1 is 0.917 bits per heavy atom. The maximum Gasteiger partial charge on any atom is 0.270 e. The summed E-state index contributed by atoms with van der Waals surface area (Å²) in [5, 5.41) is 5.84. The first-order valence-corrected chi connectivity index (χ1v) is 19.9. The van der Waals surface area contributed by atoms with Crippen LogP contribution in [0.5, 0.6) is 0 Å². The van der Waals surface area contributed by atoms with Crippen LogP contribution >= 0.6 is 0 Å². The number of anilines is 4. The highest BCUT2D eigenvalue weighted by Crippen LogP contribution is 2.37. The van der Waals surface area contributed by atoms with Crippen molar-refractivity contribution in [3.63, 3.8) is 0 Å². The van der Waals surface area contributed by atoms with Crippen LogP contribution in [-0.2, 0) is 9.59 Å². The highest BCUT2D eigenvalue weighted by molar-refractivity contribution is 6.24. The molecule has 2 N–H and O–H groups in total. The third kappa shape index (κ3) is 7.19. The van der Waals surface area contributed by atoms with Crippen molar-refractivity contribution in [1.29, 1.82) is 0 Å². The van der Waals surface area contributed by atoms with Crippen LogP contribution in [0.3, 0.4) is 0 Å². The molecule has 0 spiro atoms. The summed E-state index contributed by atoms with van der Waals surface area (Å²) < 4.78 is 106. The lowest BCUT2D eigenvalue weighted by atomic mass is 9.95. The predicted octanol–water partition coefficient (Wildman–Crippen LogP) is 4.10. The van der Waals surface area contributed by atoms with Crippen LogP contribution in [-0.4, -0.2) is 130 Å². The number of piperidine rings is 2. The molecule has 4 aromatic rings. The first kappa shape index (κ1) is 30.9. The van der Waals surface area contributed by atoms with Gasteiger partial charge in [0.15, 0.2) is 5.82 Å². The van der Waals surface area contributed by atoms with Crippen molar-refractivity contribution in [2.75, 3.05) is 74.8 Å². The molecule has 60 heavy (non-hydrogen) atoms. The number of hydrogen-bond acceptors (Lipinski definition) is 12. The van der Waals surface area contributed by atoms with E-state index in [0.717, 1.165) is 36.8 Å². The number of imide groups is 2. The number of aromatic nitrogens is 4. The molecule has 18 heteroatoms. The van der Waals surface area contributed by atoms with Crippen LogP contribution in [0.1, 0.15) is 99.6 Å². The fourth-order valence-electron chi connectivity index (χ4n) is 8.61. The molecular weight excluding hydrogens is 777 g/mol. The van der Waals surface area contributed by atoms with Gasteiger partial charge in [-0.2, -0.15) is 4.98 Å². The number of rotatable bonds is 9. The lowest BCUT2D eigenvalue weighted by Crippen LogP contribution is -2.54. The SMILES string of the molecule is [2H]C1([2H])N(CC2CCN(c3ccc(Nc4ncc5cc(C(=O)N(C)C)n(C6CCCC6)c5n4)nc3)CC2)C([2H])([2H])C([2H])([2H])N(c2cc(F)c3c(c2F)C(=O)N(C2CCC(=O)NC2=O)C3=O)C1([2H])[2H]. The number of hydrogen-bond donors (Lipinski definition) is 2. The van der Waals surface area contributed by atoms with Crippen molar-refractivity contribution in [3.05, 3.63) is 65.1 Å². The molecule has 1 unspecified atom stereocenters. The molecule has 0 bridgehead atoms. The number of benzene rings is 1. The largest absolute Gasteiger partial charge is 0.370 e. The Labute approximate surface area is 356 Å². The quantitative estimate of drug-likeness (QED) is 0.232. The second kappa shape index (κ2) is 15.9. The molecule has 1 aliphatic carbocycles. The number of nitrogens with zero attached hydrogens (tertiary/aromatic N) is 9. The van der Waals surface area contributed by atoms with Gasteiger partial charge in [-0.3, -0.25) is 39.1 Å². The van der Waals surface area contributed by atoms with E-state index in [0.29, 0.717) is 53.9 Å². The second-order valence-electron chi connectivity index (χ2n) is 15.7. The normalized spacial score (nSPS) is 26.0. The van der Waals surface area contributed by atoms with Gasteiger partial charge < -0.3 is 24.6 Å². The number of fused-ring (bicyclic) bond motifs is 2. The minimum absolute atomic E-state index is 0.120. The van der Waals surface area contributed by atoms with Crippen molar-refractivity contribution in [2.24, 2.45) is 5.92 Å². The van der Waals surface area contributed by atoms with Gasteiger partial charge in [0, 0.05) is 95.3 Å². The van der Waals surface area contributed by atoms with Crippen LogP contribution in [0.25, 0.3) is 11.0 Å². The molecule has 3 aromatic heterocycles. The third-order valence-corrected chi connectivity index (χ3v) is 11.7. The zero-order chi connectivity index (χ0) is 49.0. The van der Waals surface area contributed by atoms with Gasteiger partial charge in [-0.05, 0) is 56.2 Å². The maximum absolute atomic E-state index is 16.6. The minimum Gasteiger partial charge on any atom is -0.370 e. The van der Waals surface area contributed by atoms with E-state index >= 15 is 8.78 Å². The van der Waals surface area contributed by atoms with Crippen LogP contribution in [0, 0.1) is 17.6 Å². The topological polar surface area (TPSA) is 169 Å². The summed E-state index contributed by atoms with van der Waals surface area (Å²) in [6.45, 7) is -13.8. The smallest absolute Gasteiger partial charge is 0.270 e. The van der Waals surface area contributed by atoms with E-state index in [1.165, 1.54) is 4.90 Å². The van der Waals surface area contributed by atoms with Gasteiger partial charge >= 0.3 is 0 Å². The molecule has 4 fully saturated rings. The lowest BCUT2D eigenvalue weighted by molar-refractivity contribution is -0.136. The fraction of sp³-hybridized carbons (Fsp3) is 0.476. The summed E-state index contributed by atoms with van der Waals surface area (Å²) in [5.41, 5.74) is -1.83. The molecule has 1 atom stereocenters. The van der Waals surface area contributed by atoms with Gasteiger partial charge in [0.05, 0.1) is 34.2 Å². The number of carbonyl (C=O) groups is 5. The van der Waals surface area contributed by atoms with E-state index in [9.17, 15) is 24.0 Å². The van der Waals surface area contributed by atoms with Crippen LogP contribution in [0.2, 0.25) is 0 Å². The summed E-state index contributed by atoms with van der Waals surface area (Å²) >= 11 is 0. The molecule has 4 aliphatic heterocycles. The van der Waals surface area contributed by atoms with Crippen molar-refractivity contribution in [3.8, 4) is 0 Å². The average molecular weight is 832 g/mol. The molecule has 3 saturated heterocycles. The first-order chi connectivity index (χ1) is 32.0. The van der Waals surface area contributed by atoms with Crippen molar-refractivity contribution >= 4 is 63.7 Å². The Morgan fingerprint density at radius 2 is 1.65 bits per heavy atom. The molecular formula is C42H47F2N11O5. The van der Waals surface area contributed by atoms with Gasteiger partial charge in [-0.15, -0.1) is 0 Å². The minimum atomic E-state index is -3.65. The number of pyridine rings is 1. The fourth-order valence-corrected chi connectivity index (χ4v) is 8.61. The third-order valence-electron chi connectivity index (χ3n) is 11.7. The van der Waals surface area contributed by atoms with Crippen molar-refractivity contribution in [1.82, 2.24) is 39.5 Å². The van der Waals surface area contributed by atoms with Crippen LogP contribution in [0.4, 0.5) is 31.9 Å². The van der Waals surface area contributed by atoms with E-state index in [-0.39, 0.29) is 40.7 Å². The number of halogens is 2. The number of nitrogens with one attached hydrogen (secondary N) is 2. The van der Waals surface area contributed by atoms with E-state index in [1.54, 1.807) is 32.6 Å². The Kier molecular flexibility index (Phi) is 8.17. The van der Waals surface area contributed by atoms with Gasteiger partial charge in [0.2, 0.25) is 17.8 Å². The highest BCUT2D eigenvalue weighted by atomic mass is 19.1. The molecule has 5 aliphatic rings. The summed E-state index contributed by atoms with van der Waals surface area (Å²) in [7, 11) is 3.42. The molecule has 1 aromatic carbocycles. The highest BCUT2D eigenvalue weighted by Gasteiger charge is 2.48. The van der Waals surface area contributed by atoms with Gasteiger partial charge in [-0.1, -0.05) is 12.8 Å². The van der Waals surface area contributed by atoms with E-state index in [4.69, 9.17) is 16.0 Å². The van der Waals surface area contributed by atoms with E-state index in [1.807, 2.05) is 26.9 Å². The zero-order valence-corrected chi connectivity index (χ0v) is 32.8. The number of amides is 5. The molecule has 16 nitrogen and oxygen atoms in total. The molecule has 0 radical (unpaired) electrons. The monoisotopic (exact) mass is 831 g/mol.